The van der Waals surface area contributed by atoms with E-state index in [4.69, 9.17) is 0 Å². The van der Waals surface area contributed by atoms with Crippen molar-refractivity contribution < 1.29 is 14.7 Å². The van der Waals surface area contributed by atoms with Crippen molar-refractivity contribution in [3.63, 3.8) is 0 Å². The molecule has 0 radical (unpaired) electrons. The normalized spacial score (nSPS) is 15.7. The Morgan fingerprint density at radius 2 is 1.56 bits per heavy atom. The third kappa shape index (κ3) is 5.17. The minimum absolute atomic E-state index is 0.141. The van der Waals surface area contributed by atoms with Gasteiger partial charge in [-0.1, -0.05) is 61.7 Å². The highest BCUT2D eigenvalue weighted by Gasteiger charge is 2.24. The average Bonchev–Trinajstić information content (AvgIpc) is 2.73. The summed E-state index contributed by atoms with van der Waals surface area (Å²) in [6.07, 6.45) is 5.33. The van der Waals surface area contributed by atoms with Crippen molar-refractivity contribution >= 4 is 11.8 Å². The van der Waals surface area contributed by atoms with Crippen LogP contribution in [0.5, 0.6) is 0 Å². The fraction of sp³-hybridized carbons (Fsp3) is 0.364. The van der Waals surface area contributed by atoms with Gasteiger partial charge in [-0.2, -0.15) is 0 Å². The molecule has 1 unspecified atom stereocenters. The molecule has 2 aromatic rings. The van der Waals surface area contributed by atoms with Crippen LogP contribution in [0.15, 0.2) is 54.6 Å². The van der Waals surface area contributed by atoms with E-state index in [2.05, 4.69) is 10.6 Å². The van der Waals surface area contributed by atoms with Crippen LogP contribution in [0.4, 0.5) is 0 Å². The molecule has 1 fully saturated rings. The summed E-state index contributed by atoms with van der Waals surface area (Å²) in [4.78, 5) is 24.8. The molecule has 0 saturated heterocycles. The SMILES string of the molecule is O=C(NC(CO)C(=O)NC1CCCCC1)c1ccc(-c2ccccc2)cc1. The Balaban J connectivity index is 1.60. The Bertz CT molecular complexity index is 753. The molecule has 5 nitrogen and oxygen atoms in total. The van der Waals surface area contributed by atoms with E-state index >= 15 is 0 Å². The Morgan fingerprint density at radius 3 is 2.19 bits per heavy atom. The van der Waals surface area contributed by atoms with Crippen molar-refractivity contribution in [1.82, 2.24) is 10.6 Å². The fourth-order valence-electron chi connectivity index (χ4n) is 3.43. The van der Waals surface area contributed by atoms with Crippen LogP contribution in [0, 0.1) is 0 Å². The molecule has 5 heteroatoms. The summed E-state index contributed by atoms with van der Waals surface area (Å²) >= 11 is 0. The van der Waals surface area contributed by atoms with Crippen LogP contribution in [0.1, 0.15) is 42.5 Å². The Hall–Kier alpha value is -2.66. The molecule has 1 atom stereocenters. The number of aliphatic hydroxyl groups excluding tert-OH is 1. The number of rotatable bonds is 6. The van der Waals surface area contributed by atoms with E-state index in [1.54, 1.807) is 12.1 Å². The molecule has 1 saturated carbocycles. The molecule has 3 N–H and O–H groups in total. The molecular formula is C22H26N2O3. The van der Waals surface area contributed by atoms with Gasteiger partial charge in [-0.25, -0.2) is 0 Å². The lowest BCUT2D eigenvalue weighted by molar-refractivity contribution is -0.124. The van der Waals surface area contributed by atoms with E-state index < -0.39 is 12.6 Å². The van der Waals surface area contributed by atoms with Crippen molar-refractivity contribution in [2.24, 2.45) is 0 Å². The monoisotopic (exact) mass is 366 g/mol. The summed E-state index contributed by atoms with van der Waals surface area (Å²) in [6.45, 7) is -0.424. The molecule has 0 aliphatic heterocycles. The first-order chi connectivity index (χ1) is 13.2. The highest BCUT2D eigenvalue weighted by molar-refractivity contribution is 5.98. The highest BCUT2D eigenvalue weighted by atomic mass is 16.3. The second kappa shape index (κ2) is 9.33. The quantitative estimate of drug-likeness (QED) is 0.736. The number of benzene rings is 2. The second-order valence-electron chi connectivity index (χ2n) is 7.00. The molecule has 142 valence electrons. The minimum Gasteiger partial charge on any atom is -0.394 e. The molecule has 1 aliphatic rings. The van der Waals surface area contributed by atoms with Gasteiger partial charge in [-0.3, -0.25) is 9.59 Å². The summed E-state index contributed by atoms with van der Waals surface area (Å²) < 4.78 is 0. The molecule has 27 heavy (non-hydrogen) atoms. The number of carbonyl (C=O) groups is 2. The molecule has 3 rings (SSSR count). The Kier molecular flexibility index (Phi) is 6.60. The maximum Gasteiger partial charge on any atom is 0.251 e. The van der Waals surface area contributed by atoms with E-state index in [0.29, 0.717) is 5.56 Å². The second-order valence-corrected chi connectivity index (χ2v) is 7.00. The highest BCUT2D eigenvalue weighted by Crippen LogP contribution is 2.19. The number of carbonyl (C=O) groups excluding carboxylic acids is 2. The predicted molar refractivity (Wildman–Crippen MR) is 105 cm³/mol. The van der Waals surface area contributed by atoms with Crippen molar-refractivity contribution in [2.45, 2.75) is 44.2 Å². The number of aliphatic hydroxyl groups is 1. The minimum atomic E-state index is -0.937. The molecular weight excluding hydrogens is 340 g/mol. The first kappa shape index (κ1) is 19.1. The van der Waals surface area contributed by atoms with Crippen LogP contribution in [0.3, 0.4) is 0 Å². The van der Waals surface area contributed by atoms with Crippen molar-refractivity contribution in [1.29, 1.82) is 0 Å². The summed E-state index contributed by atoms with van der Waals surface area (Å²) in [7, 11) is 0. The van der Waals surface area contributed by atoms with E-state index in [0.717, 1.165) is 36.8 Å². The standard InChI is InChI=1S/C22H26N2O3/c25-15-20(22(27)23-19-9-5-2-6-10-19)24-21(26)18-13-11-17(12-14-18)16-7-3-1-4-8-16/h1,3-4,7-8,11-14,19-20,25H,2,5-6,9-10,15H2,(H,23,27)(H,24,26). The molecule has 2 amide bonds. The van der Waals surface area contributed by atoms with Crippen LogP contribution < -0.4 is 10.6 Å². The summed E-state index contributed by atoms with van der Waals surface area (Å²) in [5, 5.41) is 15.1. The van der Waals surface area contributed by atoms with Gasteiger partial charge in [0.05, 0.1) is 6.61 Å². The lowest BCUT2D eigenvalue weighted by atomic mass is 9.95. The van der Waals surface area contributed by atoms with Crippen LogP contribution in [-0.4, -0.2) is 35.6 Å². The maximum atomic E-state index is 12.5. The molecule has 0 heterocycles. The summed E-state index contributed by atoms with van der Waals surface area (Å²) in [5.74, 6) is -0.689. The van der Waals surface area contributed by atoms with Gasteiger partial charge in [0, 0.05) is 11.6 Å². The Morgan fingerprint density at radius 1 is 0.926 bits per heavy atom. The Labute approximate surface area is 159 Å². The van der Waals surface area contributed by atoms with Crippen LogP contribution in [0.25, 0.3) is 11.1 Å². The predicted octanol–water partition coefficient (Wildman–Crippen LogP) is 2.89. The van der Waals surface area contributed by atoms with Gasteiger partial charge in [0.15, 0.2) is 0 Å². The first-order valence-electron chi connectivity index (χ1n) is 9.55. The van der Waals surface area contributed by atoms with Gasteiger partial charge in [0.25, 0.3) is 5.91 Å². The number of nitrogens with one attached hydrogen (secondary N) is 2. The zero-order valence-corrected chi connectivity index (χ0v) is 15.4. The zero-order chi connectivity index (χ0) is 19.1. The largest absolute Gasteiger partial charge is 0.394 e. The smallest absolute Gasteiger partial charge is 0.251 e. The summed E-state index contributed by atoms with van der Waals surface area (Å²) in [5.41, 5.74) is 2.55. The number of amides is 2. The van der Waals surface area contributed by atoms with Crippen LogP contribution in [-0.2, 0) is 4.79 Å². The molecule has 2 aromatic carbocycles. The van der Waals surface area contributed by atoms with Gasteiger partial charge in [0.1, 0.15) is 6.04 Å². The van der Waals surface area contributed by atoms with Gasteiger partial charge in [-0.15, -0.1) is 0 Å². The zero-order valence-electron chi connectivity index (χ0n) is 15.4. The third-order valence-electron chi connectivity index (χ3n) is 5.01. The van der Waals surface area contributed by atoms with Gasteiger partial charge >= 0.3 is 0 Å². The van der Waals surface area contributed by atoms with Gasteiger partial charge in [-0.05, 0) is 36.1 Å². The van der Waals surface area contributed by atoms with E-state index in [-0.39, 0.29) is 17.9 Å². The van der Waals surface area contributed by atoms with E-state index in [1.165, 1.54) is 6.42 Å². The molecule has 0 aromatic heterocycles. The van der Waals surface area contributed by atoms with Crippen molar-refractivity contribution in [2.75, 3.05) is 6.61 Å². The van der Waals surface area contributed by atoms with Gasteiger partial charge in [0.2, 0.25) is 5.91 Å². The number of hydrogen-bond donors (Lipinski definition) is 3. The lowest BCUT2D eigenvalue weighted by Crippen LogP contribution is -2.51. The van der Waals surface area contributed by atoms with Crippen molar-refractivity contribution in [3.05, 3.63) is 60.2 Å². The van der Waals surface area contributed by atoms with E-state index in [1.807, 2.05) is 42.5 Å². The average molecular weight is 366 g/mol. The molecule has 1 aliphatic carbocycles. The maximum absolute atomic E-state index is 12.5. The first-order valence-corrected chi connectivity index (χ1v) is 9.55. The van der Waals surface area contributed by atoms with Gasteiger partial charge < -0.3 is 15.7 Å². The third-order valence-corrected chi connectivity index (χ3v) is 5.01. The van der Waals surface area contributed by atoms with Crippen molar-refractivity contribution in [3.8, 4) is 11.1 Å². The lowest BCUT2D eigenvalue weighted by Gasteiger charge is -2.25. The van der Waals surface area contributed by atoms with Crippen LogP contribution in [0.2, 0.25) is 0 Å². The topological polar surface area (TPSA) is 78.4 Å². The number of hydrogen-bond acceptors (Lipinski definition) is 3. The fourth-order valence-corrected chi connectivity index (χ4v) is 3.43. The summed E-state index contributed by atoms with van der Waals surface area (Å²) in [6, 6.07) is 16.3. The molecule has 0 bridgehead atoms. The van der Waals surface area contributed by atoms with Crippen LogP contribution >= 0.6 is 0 Å². The van der Waals surface area contributed by atoms with E-state index in [9.17, 15) is 14.7 Å². The molecule has 0 spiro atoms.